The van der Waals surface area contributed by atoms with Crippen LogP contribution in [0.4, 0.5) is 24.5 Å². The molecule has 2 N–H and O–H groups in total. The summed E-state index contributed by atoms with van der Waals surface area (Å²) < 4.78 is 37.7. The van der Waals surface area contributed by atoms with E-state index in [0.717, 1.165) is 23.4 Å². The van der Waals surface area contributed by atoms with Crippen LogP contribution < -0.4 is 10.6 Å². The van der Waals surface area contributed by atoms with Crippen LogP contribution in [-0.4, -0.2) is 7.05 Å². The molecule has 0 heterocycles. The van der Waals surface area contributed by atoms with Crippen molar-refractivity contribution >= 4 is 11.4 Å². The van der Waals surface area contributed by atoms with Gasteiger partial charge in [-0.25, -0.2) is 0 Å². The van der Waals surface area contributed by atoms with Crippen LogP contribution in [0.2, 0.25) is 0 Å². The van der Waals surface area contributed by atoms with Crippen molar-refractivity contribution in [2.24, 2.45) is 0 Å². The van der Waals surface area contributed by atoms with Gasteiger partial charge in [0.15, 0.2) is 0 Å². The summed E-state index contributed by atoms with van der Waals surface area (Å²) in [7, 11) is 1.84. The van der Waals surface area contributed by atoms with Crippen molar-refractivity contribution in [2.75, 3.05) is 17.7 Å². The Morgan fingerprint density at radius 1 is 1.05 bits per heavy atom. The Bertz CT molecular complexity index is 606. The molecule has 2 aromatic carbocycles. The van der Waals surface area contributed by atoms with E-state index in [0.29, 0.717) is 5.69 Å². The summed E-state index contributed by atoms with van der Waals surface area (Å²) in [5.41, 5.74) is 7.52. The zero-order valence-corrected chi connectivity index (χ0v) is 11.9. The quantitative estimate of drug-likeness (QED) is 0.845. The summed E-state index contributed by atoms with van der Waals surface area (Å²) in [6, 6.07) is 12.6. The van der Waals surface area contributed by atoms with E-state index in [1.54, 1.807) is 6.07 Å². The third-order valence-corrected chi connectivity index (χ3v) is 3.58. The summed E-state index contributed by atoms with van der Waals surface area (Å²) in [4.78, 5) is 1.91. The lowest BCUT2D eigenvalue weighted by atomic mass is 10.1. The van der Waals surface area contributed by atoms with E-state index in [-0.39, 0.29) is 6.04 Å². The highest BCUT2D eigenvalue weighted by Crippen LogP contribution is 2.32. The average Bonchev–Trinajstić information content (AvgIpc) is 2.45. The largest absolute Gasteiger partial charge is 0.416 e. The minimum atomic E-state index is -4.31. The van der Waals surface area contributed by atoms with E-state index in [2.05, 4.69) is 0 Å². The van der Waals surface area contributed by atoms with Crippen LogP contribution in [0.5, 0.6) is 0 Å². The molecule has 0 aliphatic rings. The number of rotatable bonds is 3. The van der Waals surface area contributed by atoms with Gasteiger partial charge in [-0.05, 0) is 48.9 Å². The minimum absolute atomic E-state index is 0.00485. The van der Waals surface area contributed by atoms with Crippen LogP contribution in [0.15, 0.2) is 48.5 Å². The zero-order valence-electron chi connectivity index (χ0n) is 11.9. The minimum Gasteiger partial charge on any atom is -0.399 e. The summed E-state index contributed by atoms with van der Waals surface area (Å²) >= 11 is 0. The maximum atomic E-state index is 12.6. The topological polar surface area (TPSA) is 29.3 Å². The number of hydrogen-bond donors (Lipinski definition) is 1. The molecule has 1 unspecified atom stereocenters. The molecule has 0 saturated heterocycles. The molecule has 0 aliphatic heterocycles. The van der Waals surface area contributed by atoms with Gasteiger partial charge in [-0.1, -0.05) is 12.1 Å². The first-order valence-electron chi connectivity index (χ1n) is 6.54. The van der Waals surface area contributed by atoms with Gasteiger partial charge in [0.05, 0.1) is 11.6 Å². The van der Waals surface area contributed by atoms with Gasteiger partial charge in [-0.3, -0.25) is 0 Å². The molecule has 1 atom stereocenters. The highest BCUT2D eigenvalue weighted by molar-refractivity contribution is 5.51. The van der Waals surface area contributed by atoms with Gasteiger partial charge >= 0.3 is 6.18 Å². The number of halogens is 3. The molecule has 5 heteroatoms. The van der Waals surface area contributed by atoms with Crippen LogP contribution in [0.1, 0.15) is 24.1 Å². The summed E-state index contributed by atoms with van der Waals surface area (Å²) in [5.74, 6) is 0. The molecule has 0 fully saturated rings. The number of nitrogen functional groups attached to an aromatic ring is 1. The second-order valence-corrected chi connectivity index (χ2v) is 5.00. The SMILES string of the molecule is CC(c1cccc(N)c1)N(C)c1ccc(C(F)(F)F)cc1. The van der Waals surface area contributed by atoms with Crippen molar-refractivity contribution in [3.63, 3.8) is 0 Å². The van der Waals surface area contributed by atoms with Crippen molar-refractivity contribution in [1.29, 1.82) is 0 Å². The van der Waals surface area contributed by atoms with Gasteiger partial charge < -0.3 is 10.6 Å². The number of hydrogen-bond acceptors (Lipinski definition) is 2. The second-order valence-electron chi connectivity index (χ2n) is 5.00. The summed E-state index contributed by atoms with van der Waals surface area (Å²) in [5, 5.41) is 0. The normalized spacial score (nSPS) is 13.0. The first-order chi connectivity index (χ1) is 9.79. The predicted molar refractivity (Wildman–Crippen MR) is 79.1 cm³/mol. The first kappa shape index (κ1) is 15.2. The van der Waals surface area contributed by atoms with Gasteiger partial charge in [0, 0.05) is 18.4 Å². The third kappa shape index (κ3) is 3.48. The molecule has 2 rings (SSSR count). The van der Waals surface area contributed by atoms with Crippen LogP contribution in [0, 0.1) is 0 Å². The van der Waals surface area contributed by atoms with Crippen molar-refractivity contribution in [2.45, 2.75) is 19.1 Å². The van der Waals surface area contributed by atoms with Crippen LogP contribution in [-0.2, 0) is 6.18 Å². The van der Waals surface area contributed by atoms with E-state index in [4.69, 9.17) is 5.73 Å². The van der Waals surface area contributed by atoms with E-state index in [9.17, 15) is 13.2 Å². The number of anilines is 2. The highest BCUT2D eigenvalue weighted by Gasteiger charge is 2.30. The monoisotopic (exact) mass is 294 g/mol. The Morgan fingerprint density at radius 2 is 1.67 bits per heavy atom. The van der Waals surface area contributed by atoms with Crippen LogP contribution >= 0.6 is 0 Å². The lowest BCUT2D eigenvalue weighted by molar-refractivity contribution is -0.137. The first-order valence-corrected chi connectivity index (χ1v) is 6.54. The van der Waals surface area contributed by atoms with Crippen molar-refractivity contribution in [1.82, 2.24) is 0 Å². The molecule has 0 aromatic heterocycles. The number of alkyl halides is 3. The lowest BCUT2D eigenvalue weighted by Gasteiger charge is -2.28. The Kier molecular flexibility index (Phi) is 4.11. The van der Waals surface area contributed by atoms with Gasteiger partial charge in [0.25, 0.3) is 0 Å². The third-order valence-electron chi connectivity index (χ3n) is 3.58. The summed E-state index contributed by atoms with van der Waals surface area (Å²) in [6.45, 7) is 1.98. The molecule has 0 radical (unpaired) electrons. The Hall–Kier alpha value is -2.17. The maximum Gasteiger partial charge on any atom is 0.416 e. The second kappa shape index (κ2) is 5.68. The van der Waals surface area contributed by atoms with Gasteiger partial charge in [-0.15, -0.1) is 0 Å². The molecule has 21 heavy (non-hydrogen) atoms. The number of benzene rings is 2. The molecule has 112 valence electrons. The Balaban J connectivity index is 2.21. The fraction of sp³-hybridized carbons (Fsp3) is 0.250. The lowest BCUT2D eigenvalue weighted by Crippen LogP contribution is -2.21. The molecule has 0 bridgehead atoms. The zero-order chi connectivity index (χ0) is 15.6. The molecular weight excluding hydrogens is 277 g/mol. The van der Waals surface area contributed by atoms with E-state index in [1.165, 1.54) is 12.1 Å². The Labute approximate surface area is 122 Å². The van der Waals surface area contributed by atoms with Gasteiger partial charge in [0.1, 0.15) is 0 Å². The van der Waals surface area contributed by atoms with Crippen molar-refractivity contribution in [3.8, 4) is 0 Å². The smallest absolute Gasteiger partial charge is 0.399 e. The molecule has 0 aliphatic carbocycles. The standard InChI is InChI=1S/C16H17F3N2/c1-11(12-4-3-5-14(20)10-12)21(2)15-8-6-13(7-9-15)16(17,18)19/h3-11H,20H2,1-2H3. The van der Waals surface area contributed by atoms with Crippen LogP contribution in [0.3, 0.4) is 0 Å². The molecule has 0 saturated carbocycles. The molecule has 2 aromatic rings. The maximum absolute atomic E-state index is 12.6. The van der Waals surface area contributed by atoms with Crippen LogP contribution in [0.25, 0.3) is 0 Å². The number of nitrogens with two attached hydrogens (primary N) is 1. The fourth-order valence-corrected chi connectivity index (χ4v) is 2.15. The highest BCUT2D eigenvalue weighted by atomic mass is 19.4. The molecule has 0 amide bonds. The van der Waals surface area contributed by atoms with Crippen molar-refractivity contribution < 1.29 is 13.2 Å². The van der Waals surface area contributed by atoms with Crippen molar-refractivity contribution in [3.05, 3.63) is 59.7 Å². The van der Waals surface area contributed by atoms with Gasteiger partial charge in [-0.2, -0.15) is 13.2 Å². The van der Waals surface area contributed by atoms with Gasteiger partial charge in [0.2, 0.25) is 0 Å². The molecular formula is C16H17F3N2. The molecule has 2 nitrogen and oxygen atoms in total. The van der Waals surface area contributed by atoms with E-state index >= 15 is 0 Å². The van der Waals surface area contributed by atoms with E-state index < -0.39 is 11.7 Å². The Morgan fingerprint density at radius 3 is 2.19 bits per heavy atom. The fourth-order valence-electron chi connectivity index (χ4n) is 2.15. The predicted octanol–water partition coefficient (Wildman–Crippen LogP) is 4.49. The average molecular weight is 294 g/mol. The summed E-state index contributed by atoms with van der Waals surface area (Å²) in [6.07, 6.45) is -4.31. The van der Waals surface area contributed by atoms with E-state index in [1.807, 2.05) is 37.1 Å². The number of nitrogens with zero attached hydrogens (tertiary/aromatic N) is 1. The molecule has 0 spiro atoms.